The highest BCUT2D eigenvalue weighted by Crippen LogP contribution is 2.51. The second-order valence-electron chi connectivity index (χ2n) is 8.73. The van der Waals surface area contributed by atoms with Crippen molar-refractivity contribution >= 4 is 32.7 Å². The lowest BCUT2D eigenvalue weighted by Crippen LogP contribution is -2.47. The van der Waals surface area contributed by atoms with Crippen molar-refractivity contribution in [2.45, 2.75) is 49.4 Å². The quantitative estimate of drug-likeness (QED) is 0.725. The monoisotopic (exact) mass is 434 g/mol. The zero-order valence-corrected chi connectivity index (χ0v) is 18.1. The predicted molar refractivity (Wildman–Crippen MR) is 114 cm³/mol. The normalized spacial score (nSPS) is 36.0. The van der Waals surface area contributed by atoms with Crippen LogP contribution in [0.15, 0.2) is 29.3 Å². The number of amidine groups is 1. The number of thioether (sulfide) groups is 1. The van der Waals surface area contributed by atoms with E-state index in [2.05, 4.69) is 9.89 Å². The number of carbonyl (C=O) groups is 1. The minimum atomic E-state index is -3.01. The predicted octanol–water partition coefficient (Wildman–Crippen LogP) is 2.52. The molecule has 0 aromatic heterocycles. The maximum Gasteiger partial charge on any atom is 0.252 e. The molecule has 1 aromatic rings. The molecule has 4 aliphatic rings. The molecule has 8 heteroatoms. The SMILES string of the molecule is COc1ccccc1CC(=O)N=C1S[C@@H]2CS(=O)(=O)C[C@@H]2N1[C@@H]1C[C@@H]2CC[C@@H]1C2. The molecule has 1 amide bonds. The second-order valence-corrected chi connectivity index (χ2v) is 12.1. The van der Waals surface area contributed by atoms with E-state index in [1.165, 1.54) is 31.0 Å². The Morgan fingerprint density at radius 1 is 1.21 bits per heavy atom. The van der Waals surface area contributed by atoms with E-state index in [0.717, 1.165) is 23.1 Å². The second kappa shape index (κ2) is 7.30. The number of nitrogens with zero attached hydrogens (tertiary/aromatic N) is 2. The fourth-order valence-corrected chi connectivity index (χ4v) is 9.68. The first kappa shape index (κ1) is 19.4. The van der Waals surface area contributed by atoms with Crippen molar-refractivity contribution in [3.05, 3.63) is 29.8 Å². The Bertz CT molecular complexity index is 961. The van der Waals surface area contributed by atoms with Gasteiger partial charge >= 0.3 is 0 Å². The van der Waals surface area contributed by atoms with Crippen LogP contribution in [0.4, 0.5) is 0 Å². The average molecular weight is 435 g/mol. The highest BCUT2D eigenvalue weighted by atomic mass is 32.2. The van der Waals surface area contributed by atoms with Crippen molar-refractivity contribution in [3.8, 4) is 5.75 Å². The van der Waals surface area contributed by atoms with E-state index >= 15 is 0 Å². The largest absolute Gasteiger partial charge is 0.496 e. The van der Waals surface area contributed by atoms with Gasteiger partial charge in [0.2, 0.25) is 0 Å². The molecule has 29 heavy (non-hydrogen) atoms. The molecule has 5 rings (SSSR count). The van der Waals surface area contributed by atoms with Gasteiger partial charge in [-0.2, -0.15) is 4.99 Å². The van der Waals surface area contributed by atoms with Crippen molar-refractivity contribution in [1.82, 2.24) is 4.90 Å². The van der Waals surface area contributed by atoms with E-state index in [1.807, 2.05) is 24.3 Å². The lowest BCUT2D eigenvalue weighted by atomic mass is 9.93. The first-order valence-corrected chi connectivity index (χ1v) is 13.0. The number of methoxy groups -OCH3 is 1. The smallest absolute Gasteiger partial charge is 0.252 e. The number of carbonyl (C=O) groups excluding carboxylic acids is 1. The van der Waals surface area contributed by atoms with Gasteiger partial charge in [-0.15, -0.1) is 0 Å². The molecule has 6 nitrogen and oxygen atoms in total. The zero-order valence-electron chi connectivity index (χ0n) is 16.5. The van der Waals surface area contributed by atoms with Crippen molar-refractivity contribution in [1.29, 1.82) is 0 Å². The van der Waals surface area contributed by atoms with E-state index in [0.29, 0.717) is 17.7 Å². The van der Waals surface area contributed by atoms with Crippen LogP contribution in [-0.4, -0.2) is 60.3 Å². The van der Waals surface area contributed by atoms with Gasteiger partial charge in [-0.25, -0.2) is 8.42 Å². The molecule has 2 bridgehead atoms. The highest BCUT2D eigenvalue weighted by molar-refractivity contribution is 8.15. The summed E-state index contributed by atoms with van der Waals surface area (Å²) in [5, 5.41) is 0.740. The summed E-state index contributed by atoms with van der Waals surface area (Å²) in [5.74, 6) is 2.23. The van der Waals surface area contributed by atoms with Crippen LogP contribution in [0.5, 0.6) is 5.75 Å². The maximum atomic E-state index is 12.8. The van der Waals surface area contributed by atoms with Crippen LogP contribution >= 0.6 is 11.8 Å². The summed E-state index contributed by atoms with van der Waals surface area (Å²) < 4.78 is 29.8. The van der Waals surface area contributed by atoms with Crippen LogP contribution in [0.2, 0.25) is 0 Å². The Balaban J connectivity index is 1.41. The summed E-state index contributed by atoms with van der Waals surface area (Å²) in [7, 11) is -1.41. The van der Waals surface area contributed by atoms with Gasteiger partial charge in [0.15, 0.2) is 15.0 Å². The van der Waals surface area contributed by atoms with Gasteiger partial charge in [-0.1, -0.05) is 36.4 Å². The summed E-state index contributed by atoms with van der Waals surface area (Å²) in [5.41, 5.74) is 0.821. The van der Waals surface area contributed by atoms with Gasteiger partial charge in [-0.05, 0) is 37.2 Å². The van der Waals surface area contributed by atoms with Crippen LogP contribution in [0.1, 0.15) is 31.2 Å². The lowest BCUT2D eigenvalue weighted by molar-refractivity contribution is -0.117. The maximum absolute atomic E-state index is 12.8. The number of rotatable bonds is 4. The summed E-state index contributed by atoms with van der Waals surface area (Å²) in [4.78, 5) is 19.5. The standard InChI is InChI=1S/C21H26N2O4S2/c1-27-18-5-3-2-4-15(18)10-20(24)22-21-23(16-9-13-6-7-14(16)8-13)17-11-29(25,26)12-19(17)28-21/h2-5,13-14,16-17,19H,6-12H2,1H3/t13-,14-,16-,17+,19-/m1/s1. The number of hydrogen-bond acceptors (Lipinski definition) is 5. The molecular weight excluding hydrogens is 408 g/mol. The molecule has 4 fully saturated rings. The molecule has 1 aromatic carbocycles. The van der Waals surface area contributed by atoms with Crippen molar-refractivity contribution in [2.75, 3.05) is 18.6 Å². The number of aliphatic imine (C=N–C) groups is 1. The topological polar surface area (TPSA) is 76.0 Å². The molecule has 0 radical (unpaired) electrons. The first-order chi connectivity index (χ1) is 13.9. The van der Waals surface area contributed by atoms with Gasteiger partial charge in [0.1, 0.15) is 5.75 Å². The van der Waals surface area contributed by atoms with E-state index in [9.17, 15) is 13.2 Å². The number of sulfone groups is 1. The van der Waals surface area contributed by atoms with E-state index in [4.69, 9.17) is 4.74 Å². The minimum absolute atomic E-state index is 0.00284. The van der Waals surface area contributed by atoms with E-state index in [1.54, 1.807) is 7.11 Å². The third kappa shape index (κ3) is 3.58. The van der Waals surface area contributed by atoms with Crippen LogP contribution in [0, 0.1) is 11.8 Å². The molecular formula is C21H26N2O4S2. The Hall–Kier alpha value is -1.54. The van der Waals surface area contributed by atoms with Crippen LogP contribution in [0.3, 0.4) is 0 Å². The molecule has 2 heterocycles. The molecule has 2 saturated heterocycles. The summed E-state index contributed by atoms with van der Waals surface area (Å²) >= 11 is 1.50. The number of benzene rings is 1. The molecule has 5 atom stereocenters. The number of fused-ring (bicyclic) bond motifs is 3. The lowest BCUT2D eigenvalue weighted by Gasteiger charge is -2.36. The third-order valence-corrected chi connectivity index (χ3v) is 10.1. The fraction of sp³-hybridized carbons (Fsp3) is 0.619. The average Bonchev–Trinajstić information content (AvgIpc) is 3.41. The third-order valence-electron chi connectivity index (χ3n) is 6.92. The van der Waals surface area contributed by atoms with Crippen LogP contribution < -0.4 is 4.74 Å². The van der Waals surface area contributed by atoms with E-state index < -0.39 is 9.84 Å². The summed E-state index contributed by atoms with van der Waals surface area (Å²) in [6, 6.07) is 7.79. The molecule has 2 saturated carbocycles. The summed E-state index contributed by atoms with van der Waals surface area (Å²) in [6.45, 7) is 0. The fourth-order valence-electron chi connectivity index (χ4n) is 5.69. The molecule has 2 aliphatic heterocycles. The molecule has 2 aliphatic carbocycles. The Morgan fingerprint density at radius 2 is 2.03 bits per heavy atom. The Kier molecular flexibility index (Phi) is 4.89. The van der Waals surface area contributed by atoms with Crippen LogP contribution in [-0.2, 0) is 21.1 Å². The van der Waals surface area contributed by atoms with Gasteiger partial charge in [0, 0.05) is 16.9 Å². The molecule has 0 spiro atoms. The number of hydrogen-bond donors (Lipinski definition) is 0. The van der Waals surface area contributed by atoms with Crippen molar-refractivity contribution < 1.29 is 17.9 Å². The first-order valence-electron chi connectivity index (χ1n) is 10.3. The molecule has 156 valence electrons. The number of ether oxygens (including phenoxy) is 1. The zero-order chi connectivity index (χ0) is 20.2. The van der Waals surface area contributed by atoms with Gasteiger partial charge in [0.25, 0.3) is 5.91 Å². The number of para-hydroxylation sites is 1. The van der Waals surface area contributed by atoms with Gasteiger partial charge in [-0.3, -0.25) is 4.79 Å². The van der Waals surface area contributed by atoms with E-state index in [-0.39, 0.29) is 35.1 Å². The molecule has 0 unspecified atom stereocenters. The Morgan fingerprint density at radius 3 is 2.76 bits per heavy atom. The highest BCUT2D eigenvalue weighted by Gasteiger charge is 2.54. The number of amides is 1. The summed E-state index contributed by atoms with van der Waals surface area (Å²) in [6.07, 6.45) is 5.02. The van der Waals surface area contributed by atoms with Crippen LogP contribution in [0.25, 0.3) is 0 Å². The molecule has 0 N–H and O–H groups in total. The van der Waals surface area contributed by atoms with Crippen molar-refractivity contribution in [2.24, 2.45) is 16.8 Å². The van der Waals surface area contributed by atoms with Crippen molar-refractivity contribution in [3.63, 3.8) is 0 Å². The van der Waals surface area contributed by atoms with Gasteiger partial charge < -0.3 is 9.64 Å². The Labute approximate surface area is 176 Å². The minimum Gasteiger partial charge on any atom is -0.496 e. The van der Waals surface area contributed by atoms with Gasteiger partial charge in [0.05, 0.1) is 31.1 Å².